The average Bonchev–Trinajstić information content (AvgIpc) is 3.08. The third kappa shape index (κ3) is 4.45. The van der Waals surface area contributed by atoms with Crippen LogP contribution in [0.2, 0.25) is 0 Å². The van der Waals surface area contributed by atoms with Crippen LogP contribution in [-0.2, 0) is 6.61 Å². The van der Waals surface area contributed by atoms with Crippen molar-refractivity contribution >= 4 is 5.71 Å². The van der Waals surface area contributed by atoms with Gasteiger partial charge in [0.05, 0.1) is 20.3 Å². The van der Waals surface area contributed by atoms with Gasteiger partial charge in [-0.15, -0.1) is 0 Å². The lowest BCUT2D eigenvalue weighted by Gasteiger charge is -2.19. The van der Waals surface area contributed by atoms with Crippen molar-refractivity contribution in [3.05, 3.63) is 83.4 Å². The molecule has 0 saturated carbocycles. The second-order valence-electron chi connectivity index (χ2n) is 7.94. The van der Waals surface area contributed by atoms with Crippen molar-refractivity contribution in [2.45, 2.75) is 25.2 Å². The van der Waals surface area contributed by atoms with Crippen LogP contribution in [0.15, 0.2) is 71.8 Å². The van der Waals surface area contributed by atoms with Gasteiger partial charge in [-0.25, -0.2) is 0 Å². The molecule has 2 atom stereocenters. The van der Waals surface area contributed by atoms with Gasteiger partial charge in [-0.1, -0.05) is 36.4 Å². The van der Waals surface area contributed by atoms with Crippen LogP contribution in [0, 0.1) is 0 Å². The average molecular weight is 447 g/mol. The molecule has 170 valence electrons. The largest absolute Gasteiger partial charge is 0.497 e. The Bertz CT molecular complexity index is 1150. The van der Waals surface area contributed by atoms with Crippen LogP contribution < -0.4 is 24.4 Å². The van der Waals surface area contributed by atoms with E-state index in [1.807, 2.05) is 66.7 Å². The Kier molecular flexibility index (Phi) is 6.04. The second-order valence-corrected chi connectivity index (χ2v) is 7.94. The Morgan fingerprint density at radius 2 is 1.82 bits per heavy atom. The van der Waals surface area contributed by atoms with Crippen molar-refractivity contribution in [1.29, 1.82) is 0 Å². The van der Waals surface area contributed by atoms with E-state index in [0.29, 0.717) is 48.3 Å². The normalized spacial score (nSPS) is 19.3. The van der Waals surface area contributed by atoms with Crippen molar-refractivity contribution in [2.75, 3.05) is 20.3 Å². The van der Waals surface area contributed by atoms with Crippen LogP contribution in [0.25, 0.3) is 0 Å². The minimum atomic E-state index is -0.873. The molecule has 2 N–H and O–H groups in total. The molecule has 3 aromatic rings. The summed E-state index contributed by atoms with van der Waals surface area (Å²) in [5.41, 5.74) is 6.21. The standard InChI is InChI=1S/C26H26N2O5/c1-30-19-9-10-20(22(15-19)33-16-17-6-3-2-4-7-17)25-26(29)24(27-28-25)18-8-11-21-23(14-18)32-13-5-12-31-21/h2-4,6-11,14-15,24,26-27,29H,5,12-13,16H2,1H3. The maximum Gasteiger partial charge on any atom is 0.161 e. The van der Waals surface area contributed by atoms with Gasteiger partial charge in [0.25, 0.3) is 0 Å². The molecule has 2 heterocycles. The number of benzene rings is 3. The summed E-state index contributed by atoms with van der Waals surface area (Å²) in [6, 6.07) is 20.7. The summed E-state index contributed by atoms with van der Waals surface area (Å²) >= 11 is 0. The molecule has 0 aromatic heterocycles. The molecule has 0 aliphatic carbocycles. The first-order chi connectivity index (χ1) is 16.2. The van der Waals surface area contributed by atoms with Crippen LogP contribution in [0.1, 0.15) is 29.2 Å². The molecule has 2 unspecified atom stereocenters. The van der Waals surface area contributed by atoms with Gasteiger partial charge in [0, 0.05) is 18.1 Å². The summed E-state index contributed by atoms with van der Waals surface area (Å²) in [6.45, 7) is 1.63. The molecule has 5 rings (SSSR count). The van der Waals surface area contributed by atoms with Crippen LogP contribution in [0.4, 0.5) is 0 Å². The molecule has 2 aliphatic rings. The van der Waals surface area contributed by atoms with Gasteiger partial charge in [0.15, 0.2) is 11.5 Å². The van der Waals surface area contributed by atoms with Crippen molar-refractivity contribution < 1.29 is 24.1 Å². The SMILES string of the molecule is COc1ccc(C2=NNC(c3ccc4c(c3)OCCCO4)C2O)c(OCc2ccccc2)c1. The Labute approximate surface area is 192 Å². The summed E-state index contributed by atoms with van der Waals surface area (Å²) in [5, 5.41) is 15.7. The molecule has 0 saturated heterocycles. The van der Waals surface area contributed by atoms with Crippen molar-refractivity contribution in [1.82, 2.24) is 5.43 Å². The second kappa shape index (κ2) is 9.42. The van der Waals surface area contributed by atoms with E-state index in [1.165, 1.54) is 0 Å². The molecule has 7 nitrogen and oxygen atoms in total. The maximum atomic E-state index is 11.2. The Morgan fingerprint density at radius 3 is 2.64 bits per heavy atom. The fourth-order valence-corrected chi connectivity index (χ4v) is 3.98. The lowest BCUT2D eigenvalue weighted by atomic mass is 9.95. The number of hydrogen-bond acceptors (Lipinski definition) is 7. The number of fused-ring (bicyclic) bond motifs is 1. The first-order valence-electron chi connectivity index (χ1n) is 11.0. The van der Waals surface area contributed by atoms with E-state index in [9.17, 15) is 5.11 Å². The minimum Gasteiger partial charge on any atom is -0.497 e. The molecular weight excluding hydrogens is 420 g/mol. The number of hydrogen-bond donors (Lipinski definition) is 2. The molecule has 2 aliphatic heterocycles. The highest BCUT2D eigenvalue weighted by atomic mass is 16.5. The molecular formula is C26H26N2O5. The highest BCUT2D eigenvalue weighted by Gasteiger charge is 2.34. The first kappa shape index (κ1) is 21.2. The topological polar surface area (TPSA) is 81.5 Å². The molecule has 0 radical (unpaired) electrons. The Hall–Kier alpha value is -3.71. The van der Waals surface area contributed by atoms with E-state index in [2.05, 4.69) is 10.5 Å². The Morgan fingerprint density at radius 1 is 1.00 bits per heavy atom. The van der Waals surface area contributed by atoms with Gasteiger partial charge >= 0.3 is 0 Å². The summed E-state index contributed by atoms with van der Waals surface area (Å²) in [7, 11) is 1.61. The molecule has 0 fully saturated rings. The summed E-state index contributed by atoms with van der Waals surface area (Å²) in [4.78, 5) is 0. The van der Waals surface area contributed by atoms with Gasteiger partial charge in [0.1, 0.15) is 36.0 Å². The van der Waals surface area contributed by atoms with Crippen molar-refractivity contribution in [3.8, 4) is 23.0 Å². The molecule has 0 amide bonds. The number of methoxy groups -OCH3 is 1. The van der Waals surface area contributed by atoms with Crippen LogP contribution in [0.3, 0.4) is 0 Å². The molecule has 3 aromatic carbocycles. The predicted molar refractivity (Wildman–Crippen MR) is 124 cm³/mol. The smallest absolute Gasteiger partial charge is 0.161 e. The van der Waals surface area contributed by atoms with Gasteiger partial charge in [0.2, 0.25) is 0 Å². The lowest BCUT2D eigenvalue weighted by molar-refractivity contribution is 0.206. The highest BCUT2D eigenvalue weighted by molar-refractivity contribution is 6.07. The van der Waals surface area contributed by atoms with Crippen molar-refractivity contribution in [3.63, 3.8) is 0 Å². The third-order valence-corrected chi connectivity index (χ3v) is 5.75. The summed E-state index contributed by atoms with van der Waals surface area (Å²) in [6.07, 6.45) is -0.0348. The summed E-state index contributed by atoms with van der Waals surface area (Å²) < 4.78 is 23.0. The summed E-state index contributed by atoms with van der Waals surface area (Å²) in [5.74, 6) is 2.67. The minimum absolute atomic E-state index is 0.392. The quantitative estimate of drug-likeness (QED) is 0.599. The van der Waals surface area contributed by atoms with E-state index < -0.39 is 12.1 Å². The molecule has 33 heavy (non-hydrogen) atoms. The maximum absolute atomic E-state index is 11.2. The van der Waals surface area contributed by atoms with Crippen molar-refractivity contribution in [2.24, 2.45) is 5.10 Å². The fourth-order valence-electron chi connectivity index (χ4n) is 3.98. The number of ether oxygens (including phenoxy) is 4. The number of nitrogens with one attached hydrogen (secondary N) is 1. The molecule has 0 spiro atoms. The zero-order chi connectivity index (χ0) is 22.6. The van der Waals surface area contributed by atoms with Crippen LogP contribution >= 0.6 is 0 Å². The number of nitrogens with zero attached hydrogens (tertiary/aromatic N) is 1. The predicted octanol–water partition coefficient (Wildman–Crippen LogP) is 3.85. The number of rotatable bonds is 6. The van der Waals surface area contributed by atoms with Crippen LogP contribution in [-0.4, -0.2) is 37.2 Å². The zero-order valence-electron chi connectivity index (χ0n) is 18.4. The number of aliphatic hydroxyl groups is 1. The van der Waals surface area contributed by atoms with E-state index in [4.69, 9.17) is 18.9 Å². The van der Waals surface area contributed by atoms with Gasteiger partial charge < -0.3 is 24.1 Å². The van der Waals surface area contributed by atoms with Gasteiger partial charge in [-0.2, -0.15) is 5.10 Å². The number of hydrazone groups is 1. The van der Waals surface area contributed by atoms with E-state index >= 15 is 0 Å². The van der Waals surface area contributed by atoms with E-state index in [0.717, 1.165) is 23.3 Å². The molecule has 0 bridgehead atoms. The molecule has 7 heteroatoms. The fraction of sp³-hybridized carbons (Fsp3) is 0.269. The van der Waals surface area contributed by atoms with Gasteiger partial charge in [-0.3, -0.25) is 5.43 Å². The zero-order valence-corrected chi connectivity index (χ0v) is 18.4. The highest BCUT2D eigenvalue weighted by Crippen LogP contribution is 2.36. The third-order valence-electron chi connectivity index (χ3n) is 5.75. The van der Waals surface area contributed by atoms with E-state index in [1.54, 1.807) is 7.11 Å². The monoisotopic (exact) mass is 446 g/mol. The Balaban J connectivity index is 1.39. The number of aliphatic hydroxyl groups excluding tert-OH is 1. The lowest BCUT2D eigenvalue weighted by Crippen LogP contribution is -2.27. The van der Waals surface area contributed by atoms with Crippen LogP contribution in [0.5, 0.6) is 23.0 Å². The first-order valence-corrected chi connectivity index (χ1v) is 11.0. The van der Waals surface area contributed by atoms with Gasteiger partial charge in [-0.05, 0) is 35.4 Å². The van der Waals surface area contributed by atoms with E-state index in [-0.39, 0.29) is 0 Å².